The molecule has 0 radical (unpaired) electrons. The summed E-state index contributed by atoms with van der Waals surface area (Å²) < 4.78 is 65.3. The van der Waals surface area contributed by atoms with Gasteiger partial charge in [0.1, 0.15) is 28.8 Å². The Morgan fingerprint density at radius 2 is 1.07 bits per heavy atom. The van der Waals surface area contributed by atoms with Crippen molar-refractivity contribution in [1.82, 2.24) is 0 Å². The van der Waals surface area contributed by atoms with Crippen molar-refractivity contribution in [1.29, 1.82) is 0 Å². The van der Waals surface area contributed by atoms with Gasteiger partial charge < -0.3 is 23.7 Å². The molecular formula is C28H26N2O8S2. The number of nitrogens with one attached hydrogen (secondary N) is 2. The van der Waals surface area contributed by atoms with Crippen LogP contribution in [0.3, 0.4) is 0 Å². The Bertz CT molecular complexity index is 1680. The number of carbonyl (C=O) groups is 1. The van der Waals surface area contributed by atoms with E-state index in [9.17, 15) is 21.6 Å². The van der Waals surface area contributed by atoms with E-state index >= 15 is 0 Å². The molecule has 0 bridgehead atoms. The van der Waals surface area contributed by atoms with Crippen molar-refractivity contribution < 1.29 is 34.7 Å². The third-order valence-electron chi connectivity index (χ3n) is 5.32. The van der Waals surface area contributed by atoms with Gasteiger partial charge in [-0.3, -0.25) is 0 Å². The molecule has 0 aromatic heterocycles. The summed E-state index contributed by atoms with van der Waals surface area (Å²) in [5, 5.41) is 5.16. The third-order valence-corrected chi connectivity index (χ3v) is 7.59. The summed E-state index contributed by atoms with van der Waals surface area (Å²) >= 11 is 0. The molecule has 208 valence electrons. The smallest absolute Gasteiger partial charge is 0.323 e. The minimum absolute atomic E-state index is 0.0188. The Morgan fingerprint density at radius 3 is 1.55 bits per heavy atom. The fourth-order valence-electron chi connectivity index (χ4n) is 3.60. The van der Waals surface area contributed by atoms with Crippen LogP contribution in [0.5, 0.6) is 17.2 Å². The molecule has 0 heterocycles. The first-order chi connectivity index (χ1) is 19.1. The number of urea groups is 1. The lowest BCUT2D eigenvalue weighted by atomic mass is 10.2. The zero-order valence-corrected chi connectivity index (χ0v) is 22.9. The van der Waals surface area contributed by atoms with Gasteiger partial charge in [-0.15, -0.1) is 0 Å². The topological polar surface area (TPSA) is 137 Å². The van der Waals surface area contributed by atoms with Crippen molar-refractivity contribution in [3.63, 3.8) is 0 Å². The second kappa shape index (κ2) is 12.5. The molecule has 4 aromatic rings. The van der Waals surface area contributed by atoms with Gasteiger partial charge >= 0.3 is 26.3 Å². The highest BCUT2D eigenvalue weighted by Gasteiger charge is 2.16. The Labute approximate surface area is 232 Å². The van der Waals surface area contributed by atoms with Gasteiger partial charge in [-0.1, -0.05) is 54.6 Å². The van der Waals surface area contributed by atoms with Crippen LogP contribution in [0, 0.1) is 0 Å². The van der Waals surface area contributed by atoms with E-state index in [4.69, 9.17) is 13.1 Å². The van der Waals surface area contributed by atoms with Crippen molar-refractivity contribution in [2.75, 3.05) is 17.7 Å². The molecule has 0 unspecified atom stereocenters. The van der Waals surface area contributed by atoms with Gasteiger partial charge in [-0.05, 0) is 47.5 Å². The molecule has 12 heteroatoms. The normalized spacial score (nSPS) is 11.3. The predicted octanol–water partition coefficient (Wildman–Crippen LogP) is 5.16. The van der Waals surface area contributed by atoms with Crippen molar-refractivity contribution in [3.05, 3.63) is 114 Å². The number of carbonyl (C=O) groups excluding carboxylic acids is 1. The van der Waals surface area contributed by atoms with Crippen LogP contribution in [0.2, 0.25) is 0 Å². The lowest BCUT2D eigenvalue weighted by molar-refractivity contribution is 0.262. The van der Waals surface area contributed by atoms with E-state index in [1.54, 1.807) is 66.7 Å². The van der Waals surface area contributed by atoms with Gasteiger partial charge in [-0.2, -0.15) is 16.8 Å². The molecule has 0 atom stereocenters. The summed E-state index contributed by atoms with van der Waals surface area (Å²) in [4.78, 5) is 12.6. The van der Waals surface area contributed by atoms with Gasteiger partial charge in [0.15, 0.2) is 0 Å². The van der Waals surface area contributed by atoms with Crippen molar-refractivity contribution in [3.8, 4) is 17.2 Å². The SMILES string of the molecule is COc1ccc(CS(=O)(=O)Oc2cccc(NC(=O)Nc3cccc(OS(=O)(=O)Cc4ccccc4)c3)c2)cc1. The quantitative estimate of drug-likeness (QED) is 0.232. The number of hydrogen-bond acceptors (Lipinski definition) is 8. The molecule has 40 heavy (non-hydrogen) atoms. The number of methoxy groups -OCH3 is 1. The molecule has 0 aliphatic carbocycles. The van der Waals surface area contributed by atoms with Crippen LogP contribution >= 0.6 is 0 Å². The Hall–Kier alpha value is -4.55. The van der Waals surface area contributed by atoms with Gasteiger partial charge in [0, 0.05) is 23.5 Å². The van der Waals surface area contributed by atoms with E-state index in [1.165, 1.54) is 43.5 Å². The third kappa shape index (κ3) is 8.75. The number of rotatable bonds is 11. The van der Waals surface area contributed by atoms with E-state index in [0.29, 0.717) is 16.9 Å². The van der Waals surface area contributed by atoms with E-state index in [1.807, 2.05) is 0 Å². The highest BCUT2D eigenvalue weighted by molar-refractivity contribution is 7.86. The van der Waals surface area contributed by atoms with E-state index < -0.39 is 26.3 Å². The van der Waals surface area contributed by atoms with Crippen molar-refractivity contribution in [2.45, 2.75) is 11.5 Å². The zero-order valence-electron chi connectivity index (χ0n) is 21.3. The number of hydrogen-bond donors (Lipinski definition) is 2. The lowest BCUT2D eigenvalue weighted by Crippen LogP contribution is -2.19. The molecule has 0 aliphatic rings. The zero-order chi connectivity index (χ0) is 28.6. The fraction of sp³-hybridized carbons (Fsp3) is 0.107. The van der Waals surface area contributed by atoms with Crippen LogP contribution in [-0.2, 0) is 31.7 Å². The van der Waals surface area contributed by atoms with Crippen LogP contribution in [0.4, 0.5) is 16.2 Å². The predicted molar refractivity (Wildman–Crippen MR) is 151 cm³/mol. The van der Waals surface area contributed by atoms with E-state index in [2.05, 4.69) is 10.6 Å². The fourth-order valence-corrected chi connectivity index (χ4v) is 5.71. The van der Waals surface area contributed by atoms with Crippen LogP contribution in [-0.4, -0.2) is 30.0 Å². The van der Waals surface area contributed by atoms with Crippen LogP contribution < -0.4 is 23.7 Å². The van der Waals surface area contributed by atoms with Gasteiger partial charge in [0.2, 0.25) is 0 Å². The summed E-state index contributed by atoms with van der Waals surface area (Å²) in [5.74, 6) is -0.00236. The molecule has 4 rings (SSSR count). The molecule has 4 aromatic carbocycles. The number of amides is 2. The van der Waals surface area contributed by atoms with Crippen molar-refractivity contribution >= 4 is 37.6 Å². The van der Waals surface area contributed by atoms with Crippen molar-refractivity contribution in [2.24, 2.45) is 0 Å². The van der Waals surface area contributed by atoms with Gasteiger partial charge in [0.05, 0.1) is 7.11 Å². The summed E-state index contributed by atoms with van der Waals surface area (Å²) in [6, 6.07) is 26.3. The summed E-state index contributed by atoms with van der Waals surface area (Å²) in [7, 11) is -6.38. The van der Waals surface area contributed by atoms with E-state index in [0.717, 1.165) is 0 Å². The number of benzene rings is 4. The molecule has 10 nitrogen and oxygen atoms in total. The molecular weight excluding hydrogens is 556 g/mol. The molecule has 0 fully saturated rings. The second-order valence-corrected chi connectivity index (χ2v) is 11.7. The lowest BCUT2D eigenvalue weighted by Gasteiger charge is -2.12. The molecule has 0 aliphatic heterocycles. The molecule has 0 saturated carbocycles. The maximum Gasteiger partial charge on any atom is 0.323 e. The maximum atomic E-state index is 12.6. The average molecular weight is 583 g/mol. The Balaban J connectivity index is 1.35. The Kier molecular flexibility index (Phi) is 8.92. The van der Waals surface area contributed by atoms with Gasteiger partial charge in [0.25, 0.3) is 0 Å². The van der Waals surface area contributed by atoms with Crippen LogP contribution in [0.1, 0.15) is 11.1 Å². The number of anilines is 2. The minimum atomic E-state index is -3.97. The van der Waals surface area contributed by atoms with Crippen LogP contribution in [0.15, 0.2) is 103 Å². The highest BCUT2D eigenvalue weighted by atomic mass is 32.2. The van der Waals surface area contributed by atoms with E-state index in [-0.39, 0.29) is 34.4 Å². The summed E-state index contributed by atoms with van der Waals surface area (Å²) in [6.45, 7) is 0. The minimum Gasteiger partial charge on any atom is -0.497 e. The first-order valence-corrected chi connectivity index (χ1v) is 15.0. The monoisotopic (exact) mass is 582 g/mol. The number of ether oxygens (including phenoxy) is 1. The first kappa shape index (κ1) is 28.5. The van der Waals surface area contributed by atoms with Crippen LogP contribution in [0.25, 0.3) is 0 Å². The highest BCUT2D eigenvalue weighted by Crippen LogP contribution is 2.23. The molecule has 2 amide bonds. The van der Waals surface area contributed by atoms with Gasteiger partial charge in [-0.25, -0.2) is 4.79 Å². The second-order valence-electron chi connectivity index (χ2n) is 8.54. The summed E-state index contributed by atoms with van der Waals surface area (Å²) in [6.07, 6.45) is 0. The largest absolute Gasteiger partial charge is 0.497 e. The average Bonchev–Trinajstić information content (AvgIpc) is 2.89. The first-order valence-electron chi connectivity index (χ1n) is 11.9. The maximum absolute atomic E-state index is 12.6. The molecule has 2 N–H and O–H groups in total. The Morgan fingerprint density at radius 1 is 0.600 bits per heavy atom. The summed E-state index contributed by atoms with van der Waals surface area (Å²) in [5.41, 5.74) is 1.65. The molecule has 0 saturated heterocycles. The molecule has 0 spiro atoms. The standard InChI is InChI=1S/C28H26N2O8S2/c1-36-25-15-13-22(14-16-25)20-40(34,35)38-27-12-6-10-24(18-27)30-28(31)29-23-9-5-11-26(17-23)37-39(32,33)19-21-7-3-2-4-8-21/h2-18H,19-20H2,1H3,(H2,29,30,31).